The van der Waals surface area contributed by atoms with Crippen LogP contribution >= 0.6 is 11.6 Å². The molecule has 24 heavy (non-hydrogen) atoms. The number of nitrogens with zero attached hydrogens (tertiary/aromatic N) is 4. The smallest absolute Gasteiger partial charge is 0.246 e. The number of nitrogens with one attached hydrogen (secondary N) is 2. The van der Waals surface area contributed by atoms with E-state index in [0.717, 1.165) is 0 Å². The first-order valence-corrected chi connectivity index (χ1v) is 8.46. The highest BCUT2D eigenvalue weighted by Gasteiger charge is 2.35. The number of morpholine rings is 1. The molecule has 132 valence electrons. The Bertz CT molecular complexity index is 589. The Balaban J connectivity index is 1.60. The molecule has 1 atom stereocenters. The molecule has 3 heterocycles. The van der Waals surface area contributed by atoms with Crippen molar-refractivity contribution in [3.63, 3.8) is 0 Å². The van der Waals surface area contributed by atoms with Gasteiger partial charge in [-0.1, -0.05) is 0 Å². The molecule has 1 aromatic rings. The number of amides is 2. The van der Waals surface area contributed by atoms with E-state index in [-0.39, 0.29) is 23.5 Å². The number of rotatable bonds is 4. The maximum atomic E-state index is 12.7. The number of hydrogen-bond acceptors (Lipinski definition) is 6. The van der Waals surface area contributed by atoms with Crippen molar-refractivity contribution in [1.29, 1.82) is 0 Å². The molecule has 2 N–H and O–H groups in total. The van der Waals surface area contributed by atoms with Crippen LogP contribution in [0.15, 0.2) is 0 Å². The van der Waals surface area contributed by atoms with Gasteiger partial charge in [0.15, 0.2) is 0 Å². The van der Waals surface area contributed by atoms with E-state index in [0.29, 0.717) is 58.2 Å². The highest BCUT2D eigenvalue weighted by molar-refractivity contribution is 6.28. The van der Waals surface area contributed by atoms with Gasteiger partial charge in [0.25, 0.3) is 0 Å². The Morgan fingerprint density at radius 1 is 1.29 bits per heavy atom. The fourth-order valence-corrected chi connectivity index (χ4v) is 3.11. The Kier molecular flexibility index (Phi) is 5.64. The average molecular weight is 357 g/mol. The van der Waals surface area contributed by atoms with Crippen molar-refractivity contribution in [3.8, 4) is 0 Å². The zero-order chi connectivity index (χ0) is 16.9. The molecule has 0 spiro atoms. The van der Waals surface area contributed by atoms with Crippen LogP contribution in [0.4, 0.5) is 0 Å². The van der Waals surface area contributed by atoms with Crippen molar-refractivity contribution in [2.75, 3.05) is 45.9 Å². The van der Waals surface area contributed by atoms with Crippen LogP contribution in [-0.4, -0.2) is 88.8 Å². The minimum absolute atomic E-state index is 0.0124. The average Bonchev–Trinajstić information content (AvgIpc) is 3.05. The summed E-state index contributed by atoms with van der Waals surface area (Å²) in [6.07, 6.45) is 0.680. The minimum atomic E-state index is -0.456. The first-order valence-electron chi connectivity index (χ1n) is 8.08. The fourth-order valence-electron chi connectivity index (χ4n) is 2.97. The van der Waals surface area contributed by atoms with Crippen molar-refractivity contribution < 1.29 is 14.3 Å². The lowest BCUT2D eigenvalue weighted by molar-refractivity contribution is -0.149. The molecule has 0 saturated carbocycles. The van der Waals surface area contributed by atoms with Gasteiger partial charge in [0.2, 0.25) is 17.1 Å². The van der Waals surface area contributed by atoms with Crippen LogP contribution in [0, 0.1) is 0 Å². The van der Waals surface area contributed by atoms with Crippen LogP contribution in [0.5, 0.6) is 0 Å². The van der Waals surface area contributed by atoms with E-state index in [4.69, 9.17) is 16.3 Å². The normalized spacial score (nSPS) is 21.8. The van der Waals surface area contributed by atoms with Crippen LogP contribution in [0.2, 0.25) is 5.28 Å². The van der Waals surface area contributed by atoms with Crippen molar-refractivity contribution in [2.45, 2.75) is 18.9 Å². The van der Waals surface area contributed by atoms with E-state index in [1.807, 2.05) is 0 Å². The second-order valence-corrected chi connectivity index (χ2v) is 6.13. The number of aryl methyl sites for hydroxylation is 1. The molecule has 3 rings (SSSR count). The summed E-state index contributed by atoms with van der Waals surface area (Å²) in [5.74, 6) is 0.497. The van der Waals surface area contributed by atoms with Gasteiger partial charge in [-0.3, -0.25) is 14.7 Å². The van der Waals surface area contributed by atoms with Gasteiger partial charge >= 0.3 is 0 Å². The zero-order valence-electron chi connectivity index (χ0n) is 13.3. The maximum Gasteiger partial charge on any atom is 0.246 e. The van der Waals surface area contributed by atoms with Crippen LogP contribution in [0.25, 0.3) is 0 Å². The lowest BCUT2D eigenvalue weighted by atomic mass is 10.1. The van der Waals surface area contributed by atoms with E-state index in [1.165, 1.54) is 0 Å². The molecule has 2 amide bonds. The summed E-state index contributed by atoms with van der Waals surface area (Å²) in [5, 5.41) is 9.75. The van der Waals surface area contributed by atoms with Crippen molar-refractivity contribution in [3.05, 3.63) is 11.1 Å². The van der Waals surface area contributed by atoms with Crippen LogP contribution in [0.3, 0.4) is 0 Å². The summed E-state index contributed by atoms with van der Waals surface area (Å²) >= 11 is 5.66. The molecule has 2 aliphatic heterocycles. The first-order chi connectivity index (χ1) is 11.6. The molecule has 2 aliphatic rings. The number of ether oxygens (including phenoxy) is 1. The van der Waals surface area contributed by atoms with Gasteiger partial charge in [0, 0.05) is 45.6 Å². The van der Waals surface area contributed by atoms with Crippen LogP contribution in [0.1, 0.15) is 12.2 Å². The number of aromatic amines is 1. The number of H-pyrrole nitrogens is 1. The van der Waals surface area contributed by atoms with E-state index in [2.05, 4.69) is 20.5 Å². The molecular weight excluding hydrogens is 336 g/mol. The van der Waals surface area contributed by atoms with Crippen LogP contribution < -0.4 is 5.32 Å². The molecule has 10 heteroatoms. The van der Waals surface area contributed by atoms with Crippen molar-refractivity contribution in [2.24, 2.45) is 0 Å². The SMILES string of the molecule is O=C(C1CNCCN1C(=O)CCc1nc(Cl)n[nH]1)N1CCOCC1. The summed E-state index contributed by atoms with van der Waals surface area (Å²) in [6, 6.07) is -0.456. The summed E-state index contributed by atoms with van der Waals surface area (Å²) in [6.45, 7) is 3.94. The van der Waals surface area contributed by atoms with Gasteiger partial charge in [-0.2, -0.15) is 0 Å². The molecule has 0 aliphatic carbocycles. The zero-order valence-corrected chi connectivity index (χ0v) is 14.1. The third-order valence-corrected chi connectivity index (χ3v) is 4.42. The molecule has 0 aromatic carbocycles. The molecule has 1 aromatic heterocycles. The molecular formula is C14H21ClN6O3. The summed E-state index contributed by atoms with van der Waals surface area (Å²) in [7, 11) is 0. The Morgan fingerprint density at radius 2 is 2.08 bits per heavy atom. The monoisotopic (exact) mass is 356 g/mol. The second kappa shape index (κ2) is 7.91. The number of aromatic nitrogens is 3. The third kappa shape index (κ3) is 4.03. The Labute approximate surface area is 144 Å². The number of carbonyl (C=O) groups is 2. The largest absolute Gasteiger partial charge is 0.378 e. The maximum absolute atomic E-state index is 12.7. The number of carbonyl (C=O) groups excluding carboxylic acids is 2. The third-order valence-electron chi connectivity index (χ3n) is 4.25. The number of piperazine rings is 1. The molecule has 1 unspecified atom stereocenters. The lowest BCUT2D eigenvalue weighted by Gasteiger charge is -2.39. The number of halogens is 1. The second-order valence-electron chi connectivity index (χ2n) is 5.80. The van der Waals surface area contributed by atoms with Gasteiger partial charge in [-0.05, 0) is 11.6 Å². The van der Waals surface area contributed by atoms with Crippen molar-refractivity contribution >= 4 is 23.4 Å². The summed E-state index contributed by atoms with van der Waals surface area (Å²) in [4.78, 5) is 32.7. The molecule has 2 saturated heterocycles. The van der Waals surface area contributed by atoms with Gasteiger partial charge in [-0.25, -0.2) is 4.98 Å². The highest BCUT2D eigenvalue weighted by atomic mass is 35.5. The summed E-state index contributed by atoms with van der Waals surface area (Å²) < 4.78 is 5.28. The molecule has 2 fully saturated rings. The lowest BCUT2D eigenvalue weighted by Crippen LogP contribution is -2.61. The standard InChI is InChI=1S/C14H21ClN6O3/c15-14-17-11(18-19-14)1-2-12(22)21-4-3-16-9-10(21)13(23)20-5-7-24-8-6-20/h10,16H,1-9H2,(H,17,18,19). The van der Waals surface area contributed by atoms with Gasteiger partial charge in [0.1, 0.15) is 11.9 Å². The predicted octanol–water partition coefficient (Wildman–Crippen LogP) is -0.950. The van der Waals surface area contributed by atoms with Gasteiger partial charge in [0.05, 0.1) is 13.2 Å². The first kappa shape index (κ1) is 17.1. The molecule has 0 bridgehead atoms. The molecule has 9 nitrogen and oxygen atoms in total. The fraction of sp³-hybridized carbons (Fsp3) is 0.714. The van der Waals surface area contributed by atoms with E-state index in [1.54, 1.807) is 9.80 Å². The minimum Gasteiger partial charge on any atom is -0.378 e. The highest BCUT2D eigenvalue weighted by Crippen LogP contribution is 2.12. The van der Waals surface area contributed by atoms with E-state index in [9.17, 15) is 9.59 Å². The topological polar surface area (TPSA) is 103 Å². The van der Waals surface area contributed by atoms with Crippen LogP contribution in [-0.2, 0) is 20.7 Å². The van der Waals surface area contributed by atoms with Crippen molar-refractivity contribution in [1.82, 2.24) is 30.3 Å². The van der Waals surface area contributed by atoms with Gasteiger partial charge in [-0.15, -0.1) is 5.10 Å². The molecule has 0 radical (unpaired) electrons. The summed E-state index contributed by atoms with van der Waals surface area (Å²) in [5.41, 5.74) is 0. The quantitative estimate of drug-likeness (QED) is 0.721. The van der Waals surface area contributed by atoms with E-state index >= 15 is 0 Å². The van der Waals surface area contributed by atoms with E-state index < -0.39 is 6.04 Å². The predicted molar refractivity (Wildman–Crippen MR) is 85.5 cm³/mol. The van der Waals surface area contributed by atoms with Gasteiger partial charge < -0.3 is 19.9 Å². The Morgan fingerprint density at radius 3 is 2.79 bits per heavy atom. The number of hydrogen-bond donors (Lipinski definition) is 2. The Hall–Kier alpha value is -1.71.